The number of benzene rings is 1. The van der Waals surface area contributed by atoms with Crippen LogP contribution in [0.5, 0.6) is 0 Å². The summed E-state index contributed by atoms with van der Waals surface area (Å²) < 4.78 is 0. The lowest BCUT2D eigenvalue weighted by atomic mass is 10.1. The minimum atomic E-state index is -0.0427. The fraction of sp³-hybridized carbons (Fsp3) is 0.133. The van der Waals surface area contributed by atoms with Crippen molar-refractivity contribution in [1.29, 1.82) is 0 Å². The normalized spacial score (nSPS) is 13.2. The molecule has 0 atom stereocenters. The smallest absolute Gasteiger partial charge is 0.251 e. The average molecular weight is 294 g/mol. The Kier molecular flexibility index (Phi) is 2.56. The summed E-state index contributed by atoms with van der Waals surface area (Å²) in [5.74, 6) is 1.16. The van der Waals surface area contributed by atoms with Crippen LogP contribution in [-0.2, 0) is 6.54 Å². The number of nitrogens with one attached hydrogen (secondary N) is 3. The molecule has 0 saturated carbocycles. The van der Waals surface area contributed by atoms with E-state index in [0.717, 1.165) is 22.2 Å². The number of nitrogen functional groups attached to an aromatic ring is 1. The van der Waals surface area contributed by atoms with Crippen LogP contribution in [0.3, 0.4) is 0 Å². The van der Waals surface area contributed by atoms with Gasteiger partial charge in [-0.25, -0.2) is 4.98 Å². The van der Waals surface area contributed by atoms with Gasteiger partial charge in [-0.05, 0) is 30.7 Å². The number of H-pyrrole nitrogens is 1. The van der Waals surface area contributed by atoms with Crippen LogP contribution >= 0.6 is 0 Å². The van der Waals surface area contributed by atoms with Crippen LogP contribution in [0.4, 0.5) is 17.3 Å². The van der Waals surface area contributed by atoms with Crippen molar-refractivity contribution in [3.8, 4) is 0 Å². The molecule has 0 aliphatic carbocycles. The molecule has 2 aromatic heterocycles. The minimum absolute atomic E-state index is 0.0427. The zero-order valence-corrected chi connectivity index (χ0v) is 11.9. The molecule has 22 heavy (non-hydrogen) atoms. The molecule has 110 valence electrons. The third-order valence-electron chi connectivity index (χ3n) is 3.86. The maximum Gasteiger partial charge on any atom is 0.251 e. The van der Waals surface area contributed by atoms with Crippen molar-refractivity contribution >= 4 is 34.3 Å². The van der Waals surface area contributed by atoms with E-state index in [9.17, 15) is 4.79 Å². The van der Waals surface area contributed by atoms with E-state index >= 15 is 0 Å². The van der Waals surface area contributed by atoms with Crippen molar-refractivity contribution in [2.45, 2.75) is 13.5 Å². The number of carbonyl (C=O) groups excluding carboxylic acids is 1. The van der Waals surface area contributed by atoms with E-state index in [1.54, 1.807) is 0 Å². The molecule has 7 nitrogen and oxygen atoms in total. The number of carbonyl (C=O) groups is 1. The predicted octanol–water partition coefficient (Wildman–Crippen LogP) is 1.84. The average Bonchev–Trinajstić information content (AvgIpc) is 3.05. The molecule has 1 aliphatic rings. The van der Waals surface area contributed by atoms with Crippen LogP contribution in [0, 0.1) is 6.92 Å². The van der Waals surface area contributed by atoms with Crippen molar-refractivity contribution in [3.63, 3.8) is 0 Å². The minimum Gasteiger partial charge on any atom is -0.384 e. The second kappa shape index (κ2) is 4.45. The summed E-state index contributed by atoms with van der Waals surface area (Å²) in [6.45, 7) is 2.47. The standard InChI is InChI=1S/C15H14N6O/c1-7-5-9-12(16)20-21-14(9)19-13(7)18-11-4-2-3-8-10(11)6-17-15(8)22/h2-5H,6H2,1H3,(H,17,22)(H4,16,18,19,20,21). The Balaban J connectivity index is 1.79. The fourth-order valence-corrected chi connectivity index (χ4v) is 2.69. The molecule has 1 amide bonds. The summed E-state index contributed by atoms with van der Waals surface area (Å²) >= 11 is 0. The van der Waals surface area contributed by atoms with Gasteiger partial charge < -0.3 is 16.4 Å². The van der Waals surface area contributed by atoms with Crippen LogP contribution < -0.4 is 16.4 Å². The molecule has 1 aromatic carbocycles. The number of hydrogen-bond donors (Lipinski definition) is 4. The molecule has 0 radical (unpaired) electrons. The van der Waals surface area contributed by atoms with Gasteiger partial charge >= 0.3 is 0 Å². The van der Waals surface area contributed by atoms with Gasteiger partial charge in [0, 0.05) is 23.4 Å². The van der Waals surface area contributed by atoms with Crippen molar-refractivity contribution in [2.24, 2.45) is 0 Å². The van der Waals surface area contributed by atoms with Crippen LogP contribution in [0.25, 0.3) is 11.0 Å². The van der Waals surface area contributed by atoms with Gasteiger partial charge in [-0.1, -0.05) is 6.07 Å². The fourth-order valence-electron chi connectivity index (χ4n) is 2.69. The molecule has 0 saturated heterocycles. The lowest BCUT2D eigenvalue weighted by Crippen LogP contribution is -2.12. The first-order valence-corrected chi connectivity index (χ1v) is 6.92. The van der Waals surface area contributed by atoms with Gasteiger partial charge in [0.25, 0.3) is 5.91 Å². The molecule has 0 fully saturated rings. The molecule has 5 N–H and O–H groups in total. The first-order chi connectivity index (χ1) is 10.6. The predicted molar refractivity (Wildman–Crippen MR) is 83.9 cm³/mol. The summed E-state index contributed by atoms with van der Waals surface area (Å²) in [5.41, 5.74) is 9.85. The number of pyridine rings is 1. The van der Waals surface area contributed by atoms with E-state index in [1.165, 1.54) is 0 Å². The molecule has 3 heterocycles. The highest BCUT2D eigenvalue weighted by atomic mass is 16.1. The quantitative estimate of drug-likeness (QED) is 0.576. The third kappa shape index (κ3) is 1.79. The lowest BCUT2D eigenvalue weighted by molar-refractivity contribution is 0.0966. The van der Waals surface area contributed by atoms with Gasteiger partial charge in [-0.15, -0.1) is 0 Å². The zero-order valence-electron chi connectivity index (χ0n) is 11.9. The molecule has 1 aliphatic heterocycles. The van der Waals surface area contributed by atoms with E-state index < -0.39 is 0 Å². The highest BCUT2D eigenvalue weighted by Gasteiger charge is 2.21. The Morgan fingerprint density at radius 2 is 2.23 bits per heavy atom. The second-order valence-electron chi connectivity index (χ2n) is 5.30. The molecular weight excluding hydrogens is 280 g/mol. The summed E-state index contributed by atoms with van der Waals surface area (Å²) in [6.07, 6.45) is 0. The number of anilines is 3. The van der Waals surface area contributed by atoms with Gasteiger partial charge in [-0.2, -0.15) is 5.10 Å². The topological polar surface area (TPSA) is 109 Å². The van der Waals surface area contributed by atoms with Gasteiger partial charge in [0.15, 0.2) is 5.65 Å². The van der Waals surface area contributed by atoms with Crippen molar-refractivity contribution in [1.82, 2.24) is 20.5 Å². The summed E-state index contributed by atoms with van der Waals surface area (Å²) in [4.78, 5) is 16.2. The van der Waals surface area contributed by atoms with Crippen LogP contribution in [0.1, 0.15) is 21.5 Å². The Morgan fingerprint density at radius 3 is 3.09 bits per heavy atom. The highest BCUT2D eigenvalue weighted by molar-refractivity contribution is 6.00. The number of rotatable bonds is 2. The summed E-state index contributed by atoms with van der Waals surface area (Å²) in [5, 5.41) is 13.7. The summed E-state index contributed by atoms with van der Waals surface area (Å²) in [7, 11) is 0. The van der Waals surface area contributed by atoms with Crippen molar-refractivity contribution < 1.29 is 4.79 Å². The Hall–Kier alpha value is -3.09. The number of aromatic amines is 1. The highest BCUT2D eigenvalue weighted by Crippen LogP contribution is 2.29. The molecule has 0 unspecified atom stereocenters. The summed E-state index contributed by atoms with van der Waals surface area (Å²) in [6, 6.07) is 7.55. The van der Waals surface area contributed by atoms with Crippen LogP contribution in [0.2, 0.25) is 0 Å². The molecule has 0 bridgehead atoms. The van der Waals surface area contributed by atoms with E-state index in [0.29, 0.717) is 29.4 Å². The number of hydrogen-bond acceptors (Lipinski definition) is 5. The number of nitrogens with zero attached hydrogens (tertiary/aromatic N) is 2. The number of fused-ring (bicyclic) bond motifs is 2. The zero-order chi connectivity index (χ0) is 15.3. The first-order valence-electron chi connectivity index (χ1n) is 6.92. The van der Waals surface area contributed by atoms with E-state index in [4.69, 9.17) is 5.73 Å². The van der Waals surface area contributed by atoms with E-state index in [1.807, 2.05) is 31.2 Å². The van der Waals surface area contributed by atoms with Crippen molar-refractivity contribution in [2.75, 3.05) is 11.1 Å². The maximum atomic E-state index is 11.7. The van der Waals surface area contributed by atoms with E-state index in [-0.39, 0.29) is 5.91 Å². The number of aryl methyl sites for hydroxylation is 1. The Bertz CT molecular complexity index is 914. The first kappa shape index (κ1) is 12.6. The Labute approximate surface area is 125 Å². The number of amides is 1. The van der Waals surface area contributed by atoms with Crippen LogP contribution in [-0.4, -0.2) is 21.1 Å². The third-order valence-corrected chi connectivity index (χ3v) is 3.86. The van der Waals surface area contributed by atoms with E-state index in [2.05, 4.69) is 25.8 Å². The van der Waals surface area contributed by atoms with Gasteiger partial charge in [0.2, 0.25) is 0 Å². The van der Waals surface area contributed by atoms with Gasteiger partial charge in [0.05, 0.1) is 5.39 Å². The number of nitrogens with two attached hydrogens (primary N) is 1. The molecule has 3 aromatic rings. The lowest BCUT2D eigenvalue weighted by Gasteiger charge is -2.11. The van der Waals surface area contributed by atoms with Gasteiger partial charge in [-0.3, -0.25) is 9.89 Å². The number of aromatic nitrogens is 3. The monoisotopic (exact) mass is 294 g/mol. The maximum absolute atomic E-state index is 11.7. The molecule has 4 rings (SSSR count). The van der Waals surface area contributed by atoms with Gasteiger partial charge in [0.1, 0.15) is 11.6 Å². The Morgan fingerprint density at radius 1 is 1.36 bits per heavy atom. The van der Waals surface area contributed by atoms with Crippen LogP contribution in [0.15, 0.2) is 24.3 Å². The van der Waals surface area contributed by atoms with Crippen molar-refractivity contribution in [3.05, 3.63) is 41.0 Å². The molecular formula is C15H14N6O. The largest absolute Gasteiger partial charge is 0.384 e. The molecule has 7 heteroatoms. The SMILES string of the molecule is Cc1cc2c(N)[nH]nc2nc1Nc1cccc2c1CNC2=O. The second-order valence-corrected chi connectivity index (χ2v) is 5.30. The molecule has 0 spiro atoms.